The van der Waals surface area contributed by atoms with Gasteiger partial charge < -0.3 is 10.1 Å². The molecule has 2 aromatic rings. The molecule has 0 fully saturated rings. The van der Waals surface area contributed by atoms with Crippen molar-refractivity contribution in [2.45, 2.75) is 39.2 Å². The molecule has 0 aliphatic carbocycles. The van der Waals surface area contributed by atoms with E-state index in [1.165, 1.54) is 12.1 Å². The Labute approximate surface area is 150 Å². The second kappa shape index (κ2) is 7.34. The zero-order valence-corrected chi connectivity index (χ0v) is 15.8. The zero-order chi connectivity index (χ0) is 17.9. The summed E-state index contributed by atoms with van der Waals surface area (Å²) in [6.07, 6.45) is -0.753. The molecule has 24 heavy (non-hydrogen) atoms. The average molecular weight is 394 g/mol. The number of hydrogen-bond donors (Lipinski definition) is 1. The van der Waals surface area contributed by atoms with Gasteiger partial charge in [0.05, 0.1) is 5.69 Å². The molecule has 1 unspecified atom stereocenters. The van der Waals surface area contributed by atoms with E-state index in [0.29, 0.717) is 10.2 Å². The number of ether oxygens (including phenoxy) is 1. The quantitative estimate of drug-likeness (QED) is 0.765. The van der Waals surface area contributed by atoms with Crippen LogP contribution in [0.2, 0.25) is 0 Å². The summed E-state index contributed by atoms with van der Waals surface area (Å²) >= 11 is 3.18. The Balaban J connectivity index is 2.13. The molecule has 1 N–H and O–H groups in total. The number of benzene rings is 2. The number of anilines is 1. The van der Waals surface area contributed by atoms with Crippen LogP contribution in [0.3, 0.4) is 0 Å². The number of rotatable bonds is 4. The molecule has 0 radical (unpaired) electrons. The van der Waals surface area contributed by atoms with Crippen molar-refractivity contribution in [3.05, 3.63) is 58.3 Å². The van der Waals surface area contributed by atoms with Crippen LogP contribution in [0.1, 0.15) is 33.3 Å². The number of para-hydroxylation sites is 1. The second-order valence-electron chi connectivity index (χ2n) is 6.62. The van der Waals surface area contributed by atoms with Crippen molar-refractivity contribution in [3.63, 3.8) is 0 Å². The maximum atomic E-state index is 13.8. The van der Waals surface area contributed by atoms with Gasteiger partial charge in [0.2, 0.25) is 0 Å². The molecule has 1 amide bonds. The van der Waals surface area contributed by atoms with Crippen LogP contribution in [0.25, 0.3) is 0 Å². The van der Waals surface area contributed by atoms with E-state index in [9.17, 15) is 9.18 Å². The van der Waals surface area contributed by atoms with E-state index >= 15 is 0 Å². The van der Waals surface area contributed by atoms with Crippen LogP contribution >= 0.6 is 15.9 Å². The van der Waals surface area contributed by atoms with Gasteiger partial charge in [0, 0.05) is 4.47 Å². The summed E-state index contributed by atoms with van der Waals surface area (Å²) < 4.78 is 20.3. The number of nitrogens with one attached hydrogen (secondary N) is 1. The van der Waals surface area contributed by atoms with Gasteiger partial charge in [-0.15, -0.1) is 0 Å². The highest BCUT2D eigenvalue weighted by atomic mass is 79.9. The maximum absolute atomic E-state index is 13.8. The third-order valence-electron chi connectivity index (χ3n) is 3.56. The Morgan fingerprint density at radius 3 is 2.50 bits per heavy atom. The van der Waals surface area contributed by atoms with E-state index < -0.39 is 17.8 Å². The fourth-order valence-corrected chi connectivity index (χ4v) is 2.59. The minimum absolute atomic E-state index is 0.107. The van der Waals surface area contributed by atoms with Gasteiger partial charge in [-0.05, 0) is 42.2 Å². The van der Waals surface area contributed by atoms with E-state index in [0.717, 1.165) is 5.56 Å². The SMILES string of the molecule is CC(Oc1ccccc1C(C)(C)C)C(=O)Nc1ccc(Br)cc1F. The summed E-state index contributed by atoms with van der Waals surface area (Å²) in [5, 5.41) is 2.56. The van der Waals surface area contributed by atoms with E-state index in [1.807, 2.05) is 24.3 Å². The van der Waals surface area contributed by atoms with Gasteiger partial charge in [0.15, 0.2) is 6.10 Å². The topological polar surface area (TPSA) is 38.3 Å². The lowest BCUT2D eigenvalue weighted by molar-refractivity contribution is -0.122. The lowest BCUT2D eigenvalue weighted by Crippen LogP contribution is -2.31. The largest absolute Gasteiger partial charge is 0.481 e. The Morgan fingerprint density at radius 2 is 1.88 bits per heavy atom. The molecule has 3 nitrogen and oxygen atoms in total. The molecule has 0 aliphatic heterocycles. The fraction of sp³-hybridized carbons (Fsp3) is 0.316. The summed E-state index contributed by atoms with van der Waals surface area (Å²) in [5.41, 5.74) is 1.03. The van der Waals surface area contributed by atoms with Gasteiger partial charge in [-0.1, -0.05) is 54.9 Å². The summed E-state index contributed by atoms with van der Waals surface area (Å²) in [6, 6.07) is 12.1. The lowest BCUT2D eigenvalue weighted by atomic mass is 9.86. The molecular weight excluding hydrogens is 373 g/mol. The highest BCUT2D eigenvalue weighted by molar-refractivity contribution is 9.10. The molecular formula is C19H21BrFNO2. The third kappa shape index (κ3) is 4.57. The number of halogens is 2. The molecule has 2 aromatic carbocycles. The van der Waals surface area contributed by atoms with Crippen molar-refractivity contribution < 1.29 is 13.9 Å². The Hall–Kier alpha value is -1.88. The summed E-state index contributed by atoms with van der Waals surface area (Å²) in [4.78, 5) is 12.3. The van der Waals surface area contributed by atoms with Crippen LogP contribution in [0, 0.1) is 5.82 Å². The molecule has 0 spiro atoms. The normalized spacial score (nSPS) is 12.6. The third-order valence-corrected chi connectivity index (χ3v) is 4.05. The molecule has 0 saturated heterocycles. The summed E-state index contributed by atoms with van der Waals surface area (Å²) in [6.45, 7) is 7.89. The second-order valence-corrected chi connectivity index (χ2v) is 7.54. The van der Waals surface area contributed by atoms with Crippen LogP contribution in [0.5, 0.6) is 5.75 Å². The average Bonchev–Trinajstić information content (AvgIpc) is 2.49. The summed E-state index contributed by atoms with van der Waals surface area (Å²) in [5.74, 6) is -0.246. The molecule has 0 bridgehead atoms. The molecule has 128 valence electrons. The molecule has 0 heterocycles. The standard InChI is InChI=1S/C19H21BrFNO2/c1-12(18(23)22-16-10-9-13(20)11-15(16)21)24-17-8-6-5-7-14(17)19(2,3)4/h5-12H,1-4H3,(H,22,23). The fourth-order valence-electron chi connectivity index (χ4n) is 2.26. The number of carbonyl (C=O) groups is 1. The van der Waals surface area contributed by atoms with Crippen molar-refractivity contribution in [1.82, 2.24) is 0 Å². The first kappa shape index (κ1) is 18.5. The molecule has 2 rings (SSSR count). The van der Waals surface area contributed by atoms with E-state index in [-0.39, 0.29) is 11.1 Å². The van der Waals surface area contributed by atoms with Crippen LogP contribution < -0.4 is 10.1 Å². The van der Waals surface area contributed by atoms with Crippen LogP contribution in [-0.4, -0.2) is 12.0 Å². The Kier molecular flexibility index (Phi) is 5.65. The van der Waals surface area contributed by atoms with Crippen LogP contribution in [0.4, 0.5) is 10.1 Å². The van der Waals surface area contributed by atoms with E-state index in [4.69, 9.17) is 4.74 Å². The number of amides is 1. The predicted molar refractivity (Wildman–Crippen MR) is 98.0 cm³/mol. The molecule has 1 atom stereocenters. The lowest BCUT2D eigenvalue weighted by Gasteiger charge is -2.24. The smallest absolute Gasteiger partial charge is 0.265 e. The highest BCUT2D eigenvalue weighted by Crippen LogP contribution is 2.31. The van der Waals surface area contributed by atoms with Crippen molar-refractivity contribution in [2.75, 3.05) is 5.32 Å². The van der Waals surface area contributed by atoms with Gasteiger partial charge in [-0.25, -0.2) is 4.39 Å². The molecule has 0 aliphatic rings. The first-order valence-electron chi connectivity index (χ1n) is 7.70. The van der Waals surface area contributed by atoms with Gasteiger partial charge in [-0.2, -0.15) is 0 Å². The molecule has 5 heteroatoms. The first-order valence-corrected chi connectivity index (χ1v) is 8.50. The van der Waals surface area contributed by atoms with E-state index in [2.05, 4.69) is 42.0 Å². The Bertz CT molecular complexity index is 740. The van der Waals surface area contributed by atoms with Gasteiger partial charge in [0.1, 0.15) is 11.6 Å². The van der Waals surface area contributed by atoms with Crippen LogP contribution in [0.15, 0.2) is 46.9 Å². The minimum atomic E-state index is -0.753. The Morgan fingerprint density at radius 1 is 1.21 bits per heavy atom. The monoisotopic (exact) mass is 393 g/mol. The highest BCUT2D eigenvalue weighted by Gasteiger charge is 2.22. The van der Waals surface area contributed by atoms with Crippen LogP contribution in [-0.2, 0) is 10.2 Å². The van der Waals surface area contributed by atoms with Gasteiger partial charge >= 0.3 is 0 Å². The predicted octanol–water partition coefficient (Wildman–Crippen LogP) is 5.29. The number of carbonyl (C=O) groups excluding carboxylic acids is 1. The van der Waals surface area contributed by atoms with Crippen molar-refractivity contribution in [3.8, 4) is 5.75 Å². The van der Waals surface area contributed by atoms with Gasteiger partial charge in [-0.3, -0.25) is 4.79 Å². The van der Waals surface area contributed by atoms with E-state index in [1.54, 1.807) is 13.0 Å². The van der Waals surface area contributed by atoms with Crippen molar-refractivity contribution in [2.24, 2.45) is 0 Å². The van der Waals surface area contributed by atoms with Crippen molar-refractivity contribution in [1.29, 1.82) is 0 Å². The molecule has 0 saturated carbocycles. The first-order chi connectivity index (χ1) is 11.2. The number of hydrogen-bond acceptors (Lipinski definition) is 2. The molecule has 0 aromatic heterocycles. The van der Waals surface area contributed by atoms with Gasteiger partial charge in [0.25, 0.3) is 5.91 Å². The van der Waals surface area contributed by atoms with Crippen molar-refractivity contribution >= 4 is 27.5 Å². The maximum Gasteiger partial charge on any atom is 0.265 e. The zero-order valence-electron chi connectivity index (χ0n) is 14.2. The minimum Gasteiger partial charge on any atom is -0.481 e. The summed E-state index contributed by atoms with van der Waals surface area (Å²) in [7, 11) is 0.